The molecule has 2 saturated carbocycles. The highest BCUT2D eigenvalue weighted by Crippen LogP contribution is 2.43. The summed E-state index contributed by atoms with van der Waals surface area (Å²) in [6, 6.07) is 4.49. The van der Waals surface area contributed by atoms with Crippen LogP contribution in [0.3, 0.4) is 0 Å². The average Bonchev–Trinajstić information content (AvgIpc) is 3.44. The molecule has 0 bridgehead atoms. The molecule has 6 nitrogen and oxygen atoms in total. The van der Waals surface area contributed by atoms with Gasteiger partial charge in [-0.3, -0.25) is 9.98 Å². The first kappa shape index (κ1) is 25.9. The summed E-state index contributed by atoms with van der Waals surface area (Å²) in [6.45, 7) is 4.08. The maximum Gasteiger partial charge on any atom is 0.178 e. The minimum atomic E-state index is -3.80. The minimum Gasteiger partial charge on any atom is -0.367 e. The number of nitrogens with one attached hydrogen (secondary N) is 1. The maximum atomic E-state index is 13.6. The van der Waals surface area contributed by atoms with Crippen LogP contribution in [-0.2, 0) is 9.84 Å². The van der Waals surface area contributed by atoms with E-state index in [2.05, 4.69) is 15.3 Å². The number of aliphatic imine (C=N–C) groups is 1. The van der Waals surface area contributed by atoms with Gasteiger partial charge in [0, 0.05) is 31.3 Å². The summed E-state index contributed by atoms with van der Waals surface area (Å²) in [6.07, 6.45) is 6.28. The predicted molar refractivity (Wildman–Crippen MR) is 144 cm³/mol. The van der Waals surface area contributed by atoms with Gasteiger partial charge >= 0.3 is 0 Å². The first-order valence-electron chi connectivity index (χ1n) is 12.5. The highest BCUT2D eigenvalue weighted by Gasteiger charge is 2.32. The van der Waals surface area contributed by atoms with Gasteiger partial charge in [-0.1, -0.05) is 5.57 Å². The predicted octanol–water partition coefficient (Wildman–Crippen LogP) is 5.90. The Morgan fingerprint density at radius 3 is 2.51 bits per heavy atom. The number of thiazole rings is 1. The summed E-state index contributed by atoms with van der Waals surface area (Å²) in [5.41, 5.74) is 4.09. The SMILES string of the molecule is CN=C(NC1CCC(CS(=O)(=O)c2cc(F)cc(F)c2)C1)C(=C(C)C)c1nc2c(C3CC3)nccc2s1. The average molecular weight is 545 g/mol. The number of hydrogen-bond donors (Lipinski definition) is 1. The molecule has 2 fully saturated rings. The van der Waals surface area contributed by atoms with E-state index in [9.17, 15) is 17.2 Å². The van der Waals surface area contributed by atoms with Crippen LogP contribution in [0.25, 0.3) is 15.8 Å². The number of fused-ring (bicyclic) bond motifs is 1. The molecule has 2 aliphatic rings. The fourth-order valence-corrected chi connectivity index (χ4v) is 7.93. The molecule has 2 aliphatic carbocycles. The van der Waals surface area contributed by atoms with Gasteiger partial charge in [0.1, 0.15) is 28.0 Å². The van der Waals surface area contributed by atoms with Crippen molar-refractivity contribution in [2.75, 3.05) is 12.8 Å². The van der Waals surface area contributed by atoms with Gasteiger partial charge in [0.15, 0.2) is 9.84 Å². The summed E-state index contributed by atoms with van der Waals surface area (Å²) < 4.78 is 53.9. The Bertz CT molecular complexity index is 1490. The van der Waals surface area contributed by atoms with E-state index in [-0.39, 0.29) is 22.6 Å². The van der Waals surface area contributed by atoms with Crippen LogP contribution in [0.4, 0.5) is 8.78 Å². The molecule has 0 amide bonds. The van der Waals surface area contributed by atoms with E-state index in [1.165, 1.54) is 0 Å². The molecule has 0 spiro atoms. The van der Waals surface area contributed by atoms with Gasteiger partial charge in [-0.15, -0.1) is 11.3 Å². The van der Waals surface area contributed by atoms with Gasteiger partial charge in [0.25, 0.3) is 0 Å². The van der Waals surface area contributed by atoms with E-state index in [4.69, 9.17) is 4.98 Å². The van der Waals surface area contributed by atoms with Crippen molar-refractivity contribution in [3.8, 4) is 0 Å². The number of pyridine rings is 1. The van der Waals surface area contributed by atoms with Crippen molar-refractivity contribution >= 4 is 42.8 Å². The van der Waals surface area contributed by atoms with Crippen LogP contribution in [0.2, 0.25) is 0 Å². The minimum absolute atomic E-state index is 0.0376. The molecular weight excluding hydrogens is 514 g/mol. The summed E-state index contributed by atoms with van der Waals surface area (Å²) in [5.74, 6) is -0.800. The van der Waals surface area contributed by atoms with E-state index >= 15 is 0 Å². The van der Waals surface area contributed by atoms with Crippen molar-refractivity contribution in [3.63, 3.8) is 0 Å². The second-order valence-corrected chi connectivity index (χ2v) is 13.3. The van der Waals surface area contributed by atoms with E-state index in [1.807, 2.05) is 26.1 Å². The van der Waals surface area contributed by atoms with Crippen molar-refractivity contribution in [1.82, 2.24) is 15.3 Å². The van der Waals surface area contributed by atoms with Crippen LogP contribution in [-0.4, -0.2) is 43.1 Å². The van der Waals surface area contributed by atoms with E-state index in [0.29, 0.717) is 24.8 Å². The fourth-order valence-electron chi connectivity index (χ4n) is 5.10. The van der Waals surface area contributed by atoms with Crippen molar-refractivity contribution in [3.05, 3.63) is 58.4 Å². The van der Waals surface area contributed by atoms with E-state index < -0.39 is 21.5 Å². The first-order chi connectivity index (χ1) is 17.6. The highest BCUT2D eigenvalue weighted by molar-refractivity contribution is 7.91. The number of sulfone groups is 1. The number of hydrogen-bond acceptors (Lipinski definition) is 6. The van der Waals surface area contributed by atoms with Crippen LogP contribution < -0.4 is 5.32 Å². The zero-order chi connectivity index (χ0) is 26.3. The first-order valence-corrected chi connectivity index (χ1v) is 15.0. The van der Waals surface area contributed by atoms with E-state index in [1.54, 1.807) is 18.4 Å². The Labute approximate surface area is 219 Å². The van der Waals surface area contributed by atoms with E-state index in [0.717, 1.165) is 69.3 Å². The standard InChI is InChI=1S/C27H30F2N4O2S2/c1-15(2)23(27-33-25-22(36-27)8-9-31-24(25)17-5-6-17)26(30-3)32-20-7-4-16(10-20)14-37(34,35)21-12-18(28)11-19(29)13-21/h8-9,11-13,16-17,20H,4-7,10,14H2,1-3H3,(H,30,32). The molecule has 37 heavy (non-hydrogen) atoms. The molecule has 2 unspecified atom stereocenters. The largest absolute Gasteiger partial charge is 0.367 e. The molecule has 0 radical (unpaired) electrons. The molecule has 10 heteroatoms. The van der Waals surface area contributed by atoms with Crippen LogP contribution in [0, 0.1) is 17.6 Å². The zero-order valence-electron chi connectivity index (χ0n) is 21.1. The molecule has 2 aromatic heterocycles. The molecule has 196 valence electrons. The number of halogens is 2. The van der Waals surface area contributed by atoms with Gasteiger partial charge in [-0.2, -0.15) is 0 Å². The summed E-state index contributed by atoms with van der Waals surface area (Å²) in [5, 5.41) is 4.43. The topological polar surface area (TPSA) is 84.3 Å². The number of rotatable bonds is 7. The molecule has 5 rings (SSSR count). The third-order valence-electron chi connectivity index (χ3n) is 7.01. The fraction of sp³-hybridized carbons (Fsp3) is 0.444. The number of benzene rings is 1. The molecule has 0 aliphatic heterocycles. The van der Waals surface area contributed by atoms with Gasteiger partial charge in [0.2, 0.25) is 0 Å². The van der Waals surface area contributed by atoms with Crippen molar-refractivity contribution in [1.29, 1.82) is 0 Å². The third kappa shape index (κ3) is 5.60. The normalized spacial score (nSPS) is 20.4. The van der Waals surface area contributed by atoms with Gasteiger partial charge in [-0.25, -0.2) is 22.2 Å². The lowest BCUT2D eigenvalue weighted by Crippen LogP contribution is -2.34. The van der Waals surface area contributed by atoms with Gasteiger partial charge in [0.05, 0.1) is 26.6 Å². The number of aromatic nitrogens is 2. The van der Waals surface area contributed by atoms with Crippen molar-refractivity contribution in [2.45, 2.75) is 62.8 Å². The Kier molecular flexibility index (Phi) is 7.15. The molecule has 2 heterocycles. The smallest absolute Gasteiger partial charge is 0.178 e. The molecule has 2 atom stereocenters. The lowest BCUT2D eigenvalue weighted by atomic mass is 10.1. The van der Waals surface area contributed by atoms with Gasteiger partial charge in [-0.05, 0) is 70.1 Å². The molecule has 0 saturated heterocycles. The lowest BCUT2D eigenvalue weighted by Gasteiger charge is -2.19. The Hall–Kier alpha value is -2.72. The monoisotopic (exact) mass is 544 g/mol. The Morgan fingerprint density at radius 1 is 1.14 bits per heavy atom. The second-order valence-electron chi connectivity index (χ2n) is 10.2. The summed E-state index contributed by atoms with van der Waals surface area (Å²) >= 11 is 1.63. The maximum absolute atomic E-state index is 13.6. The van der Waals surface area contributed by atoms with Crippen LogP contribution in [0.5, 0.6) is 0 Å². The van der Waals surface area contributed by atoms with Crippen LogP contribution >= 0.6 is 11.3 Å². The number of allylic oxidation sites excluding steroid dienone is 1. The zero-order valence-corrected chi connectivity index (χ0v) is 22.7. The summed E-state index contributed by atoms with van der Waals surface area (Å²) in [4.78, 5) is 13.8. The molecular formula is C27H30F2N4O2S2. The number of amidine groups is 1. The lowest BCUT2D eigenvalue weighted by molar-refractivity contribution is 0.540. The van der Waals surface area contributed by atoms with Crippen LogP contribution in [0.1, 0.15) is 62.6 Å². The van der Waals surface area contributed by atoms with Crippen molar-refractivity contribution < 1.29 is 17.2 Å². The molecule has 3 aromatic rings. The Morgan fingerprint density at radius 2 is 1.86 bits per heavy atom. The highest BCUT2D eigenvalue weighted by atomic mass is 32.2. The Balaban J connectivity index is 1.31. The summed E-state index contributed by atoms with van der Waals surface area (Å²) in [7, 11) is -2.06. The third-order valence-corrected chi connectivity index (χ3v) is 9.91. The van der Waals surface area contributed by atoms with Crippen LogP contribution in [0.15, 0.2) is 45.9 Å². The number of nitrogens with zero attached hydrogens (tertiary/aromatic N) is 3. The molecule has 1 N–H and O–H groups in total. The van der Waals surface area contributed by atoms with Gasteiger partial charge < -0.3 is 5.32 Å². The second kappa shape index (κ2) is 10.2. The molecule has 1 aromatic carbocycles. The quantitative estimate of drug-likeness (QED) is 0.296. The van der Waals surface area contributed by atoms with Crippen molar-refractivity contribution in [2.24, 2.45) is 10.9 Å².